The van der Waals surface area contributed by atoms with Crippen molar-refractivity contribution >= 4 is 22.9 Å². The van der Waals surface area contributed by atoms with Gasteiger partial charge in [-0.2, -0.15) is 0 Å². The number of carbonyl (C=O) groups excluding carboxylic acids is 1. The maximum Gasteiger partial charge on any atom is 0.330 e. The number of rotatable bonds is 2. The molecule has 3 nitrogen and oxygen atoms in total. The summed E-state index contributed by atoms with van der Waals surface area (Å²) in [6, 6.07) is 8.06. The molecule has 2 aromatic rings. The van der Waals surface area contributed by atoms with Crippen molar-refractivity contribution < 1.29 is 9.53 Å². The van der Waals surface area contributed by atoms with Crippen LogP contribution in [0, 0.1) is 6.92 Å². The highest BCUT2D eigenvalue weighted by Crippen LogP contribution is 2.17. The van der Waals surface area contributed by atoms with Gasteiger partial charge in [-0.1, -0.05) is 6.07 Å². The molecule has 0 aliphatic carbocycles. The van der Waals surface area contributed by atoms with Crippen LogP contribution in [0.3, 0.4) is 0 Å². The molecule has 1 aromatic carbocycles. The number of ether oxygens (including phenoxy) is 1. The topological polar surface area (TPSA) is 42.1 Å². The van der Waals surface area contributed by atoms with E-state index in [1.807, 2.05) is 25.1 Å². The summed E-state index contributed by atoms with van der Waals surface area (Å²) in [5.74, 6) is -0.342. The van der Waals surface area contributed by atoms with Gasteiger partial charge in [-0.25, -0.2) is 4.79 Å². The monoisotopic (exact) mass is 215 g/mol. The van der Waals surface area contributed by atoms with Crippen LogP contribution in [0.25, 0.3) is 17.0 Å². The van der Waals surface area contributed by atoms with Gasteiger partial charge in [0.1, 0.15) is 0 Å². The molecular formula is C13H13NO2. The number of aryl methyl sites for hydroxylation is 1. The Morgan fingerprint density at radius 2 is 2.19 bits per heavy atom. The molecule has 3 heteroatoms. The van der Waals surface area contributed by atoms with E-state index in [1.165, 1.54) is 13.2 Å². The van der Waals surface area contributed by atoms with Crippen molar-refractivity contribution in [3.8, 4) is 0 Å². The minimum absolute atomic E-state index is 0.342. The molecule has 0 radical (unpaired) electrons. The average molecular weight is 215 g/mol. The van der Waals surface area contributed by atoms with E-state index in [0.29, 0.717) is 0 Å². The highest BCUT2D eigenvalue weighted by atomic mass is 16.5. The summed E-state index contributed by atoms with van der Waals surface area (Å²) in [5.41, 5.74) is 3.22. The van der Waals surface area contributed by atoms with Crippen molar-refractivity contribution in [3.63, 3.8) is 0 Å². The Labute approximate surface area is 93.7 Å². The fourth-order valence-corrected chi connectivity index (χ4v) is 1.63. The molecule has 0 saturated carbocycles. The Balaban J connectivity index is 2.32. The van der Waals surface area contributed by atoms with Crippen molar-refractivity contribution in [2.24, 2.45) is 0 Å². The second-order valence-corrected chi connectivity index (χ2v) is 3.66. The van der Waals surface area contributed by atoms with E-state index >= 15 is 0 Å². The lowest BCUT2D eigenvalue weighted by Crippen LogP contribution is -1.93. The van der Waals surface area contributed by atoms with Gasteiger partial charge in [0.05, 0.1) is 7.11 Å². The molecule has 0 saturated heterocycles. The Kier molecular flexibility index (Phi) is 2.77. The van der Waals surface area contributed by atoms with E-state index < -0.39 is 0 Å². The Bertz CT molecular complexity index is 552. The van der Waals surface area contributed by atoms with Crippen LogP contribution >= 0.6 is 0 Å². The number of carbonyl (C=O) groups is 1. The van der Waals surface area contributed by atoms with Crippen molar-refractivity contribution in [1.29, 1.82) is 0 Å². The number of esters is 1. The highest BCUT2D eigenvalue weighted by Gasteiger charge is 1.98. The van der Waals surface area contributed by atoms with E-state index in [1.54, 1.807) is 6.08 Å². The fraction of sp³-hybridized carbons (Fsp3) is 0.154. The van der Waals surface area contributed by atoms with Gasteiger partial charge in [-0.05, 0) is 36.8 Å². The third-order valence-electron chi connectivity index (χ3n) is 2.39. The molecule has 0 bridgehead atoms. The van der Waals surface area contributed by atoms with Crippen LogP contribution in [-0.4, -0.2) is 18.1 Å². The summed E-state index contributed by atoms with van der Waals surface area (Å²) in [5, 5.41) is 1.14. The van der Waals surface area contributed by atoms with Crippen molar-refractivity contribution in [2.45, 2.75) is 6.92 Å². The number of nitrogens with one attached hydrogen (secondary N) is 1. The molecule has 0 atom stereocenters. The molecule has 82 valence electrons. The molecule has 16 heavy (non-hydrogen) atoms. The molecule has 0 aliphatic rings. The maximum absolute atomic E-state index is 10.9. The van der Waals surface area contributed by atoms with Gasteiger partial charge in [0.25, 0.3) is 0 Å². The number of aromatic nitrogens is 1. The number of hydrogen-bond donors (Lipinski definition) is 1. The van der Waals surface area contributed by atoms with Gasteiger partial charge >= 0.3 is 5.97 Å². The number of methoxy groups -OCH3 is 1. The lowest BCUT2D eigenvalue weighted by Gasteiger charge is -1.94. The van der Waals surface area contributed by atoms with Crippen molar-refractivity contribution in [3.05, 3.63) is 41.6 Å². The molecule has 1 heterocycles. The van der Waals surface area contributed by atoms with Gasteiger partial charge in [-0.15, -0.1) is 0 Å². The summed E-state index contributed by atoms with van der Waals surface area (Å²) in [6.07, 6.45) is 3.16. The smallest absolute Gasteiger partial charge is 0.330 e. The van der Waals surface area contributed by atoms with E-state index in [9.17, 15) is 4.79 Å². The van der Waals surface area contributed by atoms with Gasteiger partial charge in [-0.3, -0.25) is 0 Å². The molecule has 0 aliphatic heterocycles. The molecule has 2 rings (SSSR count). The number of hydrogen-bond acceptors (Lipinski definition) is 2. The van der Waals surface area contributed by atoms with Crippen LogP contribution < -0.4 is 0 Å². The van der Waals surface area contributed by atoms with E-state index in [-0.39, 0.29) is 5.97 Å². The second kappa shape index (κ2) is 4.23. The Morgan fingerprint density at radius 3 is 2.94 bits per heavy atom. The van der Waals surface area contributed by atoms with Crippen molar-refractivity contribution in [1.82, 2.24) is 4.98 Å². The predicted molar refractivity (Wildman–Crippen MR) is 64.1 cm³/mol. The molecule has 0 fully saturated rings. The minimum Gasteiger partial charge on any atom is -0.466 e. The third kappa shape index (κ3) is 2.14. The van der Waals surface area contributed by atoms with Gasteiger partial charge in [0, 0.05) is 22.7 Å². The summed E-state index contributed by atoms with van der Waals surface area (Å²) in [7, 11) is 1.37. The lowest BCUT2D eigenvalue weighted by atomic mass is 10.1. The SMILES string of the molecule is COC(=O)C=Cc1ccc2[nH]c(C)cc2c1. The Hall–Kier alpha value is -2.03. The minimum atomic E-state index is -0.342. The molecule has 1 N–H and O–H groups in total. The zero-order valence-electron chi connectivity index (χ0n) is 9.28. The van der Waals surface area contributed by atoms with Crippen LogP contribution in [-0.2, 0) is 9.53 Å². The normalized spacial score (nSPS) is 11.1. The summed E-state index contributed by atoms with van der Waals surface area (Å²) in [4.78, 5) is 14.2. The van der Waals surface area contributed by atoms with Crippen LogP contribution in [0.5, 0.6) is 0 Å². The standard InChI is InChI=1S/C13H13NO2/c1-9-7-11-8-10(3-5-12(11)14-9)4-6-13(15)16-2/h3-8,14H,1-2H3. The molecule has 0 unspecified atom stereocenters. The fourth-order valence-electron chi connectivity index (χ4n) is 1.63. The Morgan fingerprint density at radius 1 is 1.38 bits per heavy atom. The first-order valence-corrected chi connectivity index (χ1v) is 5.04. The molecule has 1 aromatic heterocycles. The first kappa shape index (κ1) is 10.5. The van der Waals surface area contributed by atoms with Crippen LogP contribution in [0.4, 0.5) is 0 Å². The van der Waals surface area contributed by atoms with Gasteiger partial charge in [0.2, 0.25) is 0 Å². The average Bonchev–Trinajstić information content (AvgIpc) is 2.65. The highest BCUT2D eigenvalue weighted by molar-refractivity contribution is 5.89. The van der Waals surface area contributed by atoms with Crippen LogP contribution in [0.1, 0.15) is 11.3 Å². The molecular weight excluding hydrogens is 202 g/mol. The summed E-state index contributed by atoms with van der Waals surface area (Å²) >= 11 is 0. The number of H-pyrrole nitrogens is 1. The first-order chi connectivity index (χ1) is 7.69. The van der Waals surface area contributed by atoms with Crippen LogP contribution in [0.15, 0.2) is 30.3 Å². The zero-order chi connectivity index (χ0) is 11.5. The first-order valence-electron chi connectivity index (χ1n) is 5.04. The maximum atomic E-state index is 10.9. The number of fused-ring (bicyclic) bond motifs is 1. The number of aromatic amines is 1. The quantitative estimate of drug-likeness (QED) is 0.618. The zero-order valence-corrected chi connectivity index (χ0v) is 9.28. The summed E-state index contributed by atoms with van der Waals surface area (Å²) < 4.78 is 4.53. The van der Waals surface area contributed by atoms with E-state index in [0.717, 1.165) is 22.2 Å². The van der Waals surface area contributed by atoms with E-state index in [4.69, 9.17) is 0 Å². The van der Waals surface area contributed by atoms with Gasteiger partial charge < -0.3 is 9.72 Å². The lowest BCUT2D eigenvalue weighted by molar-refractivity contribution is -0.134. The van der Waals surface area contributed by atoms with Crippen molar-refractivity contribution in [2.75, 3.05) is 7.11 Å². The van der Waals surface area contributed by atoms with Gasteiger partial charge in [0.15, 0.2) is 0 Å². The van der Waals surface area contributed by atoms with E-state index in [2.05, 4.69) is 15.8 Å². The number of benzene rings is 1. The largest absolute Gasteiger partial charge is 0.466 e. The molecule has 0 spiro atoms. The second-order valence-electron chi connectivity index (χ2n) is 3.66. The molecule has 0 amide bonds. The summed E-state index contributed by atoms with van der Waals surface area (Å²) in [6.45, 7) is 2.02. The van der Waals surface area contributed by atoms with Crippen LogP contribution in [0.2, 0.25) is 0 Å². The predicted octanol–water partition coefficient (Wildman–Crippen LogP) is 2.66. The third-order valence-corrected chi connectivity index (χ3v) is 2.39.